The van der Waals surface area contributed by atoms with Crippen LogP contribution in [0.1, 0.15) is 76.9 Å². The average Bonchev–Trinajstić information content (AvgIpc) is 2.76. The van der Waals surface area contributed by atoms with E-state index in [1.54, 1.807) is 11.5 Å². The van der Waals surface area contributed by atoms with Gasteiger partial charge in [-0.1, -0.05) is 58.4 Å². The predicted octanol–water partition coefficient (Wildman–Crippen LogP) is 4.07. The Morgan fingerprint density at radius 2 is 1.94 bits per heavy atom. The van der Waals surface area contributed by atoms with Gasteiger partial charge in [0, 0.05) is 11.5 Å². The molecule has 0 aromatic carbocycles. The van der Waals surface area contributed by atoms with Crippen molar-refractivity contribution in [2.75, 3.05) is 6.54 Å². The first-order valence-corrected chi connectivity index (χ1v) is 7.84. The molecule has 1 heterocycles. The highest BCUT2D eigenvalue weighted by Crippen LogP contribution is 2.32. The minimum atomic E-state index is 0.0841. The molecule has 0 radical (unpaired) electrons. The van der Waals surface area contributed by atoms with Crippen LogP contribution >= 0.6 is 11.5 Å². The van der Waals surface area contributed by atoms with E-state index >= 15 is 0 Å². The zero-order valence-corrected chi connectivity index (χ0v) is 13.2. The maximum atomic E-state index is 4.35. The van der Waals surface area contributed by atoms with Crippen LogP contribution in [0.5, 0.6) is 0 Å². The first-order valence-electron chi connectivity index (χ1n) is 7.06. The summed E-state index contributed by atoms with van der Waals surface area (Å²) in [5.74, 6) is 0. The third-order valence-electron chi connectivity index (χ3n) is 3.09. The molecule has 0 bridgehead atoms. The van der Waals surface area contributed by atoms with Crippen molar-refractivity contribution in [3.8, 4) is 0 Å². The van der Waals surface area contributed by atoms with Crippen molar-refractivity contribution in [2.24, 2.45) is 0 Å². The summed E-state index contributed by atoms with van der Waals surface area (Å²) < 4.78 is 4.17. The lowest BCUT2D eigenvalue weighted by atomic mass is 9.89. The van der Waals surface area contributed by atoms with Gasteiger partial charge in [-0.15, -0.1) is 5.10 Å². The van der Waals surface area contributed by atoms with E-state index in [1.165, 1.54) is 30.6 Å². The molecule has 104 valence electrons. The molecule has 3 nitrogen and oxygen atoms in total. The lowest BCUT2D eigenvalue weighted by Crippen LogP contribution is -2.24. The van der Waals surface area contributed by atoms with Crippen LogP contribution in [0.15, 0.2) is 0 Å². The second kappa shape index (κ2) is 7.19. The second-order valence-corrected chi connectivity index (χ2v) is 6.63. The molecule has 4 heteroatoms. The fraction of sp³-hybridized carbons (Fsp3) is 0.857. The van der Waals surface area contributed by atoms with E-state index in [4.69, 9.17) is 0 Å². The SMILES string of the molecule is CCCCCC(NCC)c1snnc1C(C)(C)C. The second-order valence-electron chi connectivity index (χ2n) is 5.84. The zero-order chi connectivity index (χ0) is 13.6. The highest BCUT2D eigenvalue weighted by Gasteiger charge is 2.26. The number of unbranched alkanes of at least 4 members (excludes halogenated alkanes) is 2. The highest BCUT2D eigenvalue weighted by atomic mass is 32.1. The third kappa shape index (κ3) is 4.32. The predicted molar refractivity (Wildman–Crippen MR) is 79.2 cm³/mol. The van der Waals surface area contributed by atoms with Gasteiger partial charge in [-0.25, -0.2) is 0 Å². The van der Waals surface area contributed by atoms with Crippen molar-refractivity contribution in [2.45, 2.75) is 71.8 Å². The summed E-state index contributed by atoms with van der Waals surface area (Å²) in [7, 11) is 0. The summed E-state index contributed by atoms with van der Waals surface area (Å²) in [5.41, 5.74) is 1.25. The molecule has 0 saturated carbocycles. The first-order chi connectivity index (χ1) is 8.50. The Bertz CT molecular complexity index is 341. The minimum Gasteiger partial charge on any atom is -0.309 e. The van der Waals surface area contributed by atoms with Gasteiger partial charge < -0.3 is 5.32 Å². The van der Waals surface area contributed by atoms with Crippen LogP contribution in [-0.4, -0.2) is 16.1 Å². The van der Waals surface area contributed by atoms with Crippen LogP contribution in [0.3, 0.4) is 0 Å². The number of nitrogens with one attached hydrogen (secondary N) is 1. The van der Waals surface area contributed by atoms with Gasteiger partial charge in [0.15, 0.2) is 0 Å². The largest absolute Gasteiger partial charge is 0.309 e. The van der Waals surface area contributed by atoms with E-state index < -0.39 is 0 Å². The summed E-state index contributed by atoms with van der Waals surface area (Å²) in [6.07, 6.45) is 5.04. The molecule has 1 N–H and O–H groups in total. The Morgan fingerprint density at radius 3 is 2.50 bits per heavy atom. The van der Waals surface area contributed by atoms with E-state index in [0.717, 1.165) is 12.2 Å². The van der Waals surface area contributed by atoms with Crippen molar-refractivity contribution < 1.29 is 0 Å². The van der Waals surface area contributed by atoms with Crippen LogP contribution in [0.2, 0.25) is 0 Å². The molecule has 0 fully saturated rings. The normalized spacial score (nSPS) is 13.8. The van der Waals surface area contributed by atoms with Crippen LogP contribution in [0.25, 0.3) is 0 Å². The Labute approximate surface area is 116 Å². The maximum Gasteiger partial charge on any atom is 0.0857 e. The molecule has 1 unspecified atom stereocenters. The van der Waals surface area contributed by atoms with Crippen LogP contribution < -0.4 is 5.32 Å². The van der Waals surface area contributed by atoms with Crippen molar-refractivity contribution >= 4 is 11.5 Å². The molecule has 1 atom stereocenters. The topological polar surface area (TPSA) is 37.8 Å². The Kier molecular flexibility index (Phi) is 6.22. The van der Waals surface area contributed by atoms with Crippen LogP contribution in [0, 0.1) is 0 Å². The molecule has 1 aromatic rings. The Hall–Kier alpha value is -0.480. The smallest absolute Gasteiger partial charge is 0.0857 e. The summed E-state index contributed by atoms with van der Waals surface area (Å²) in [4.78, 5) is 1.33. The van der Waals surface area contributed by atoms with Crippen LogP contribution in [0.4, 0.5) is 0 Å². The number of aromatic nitrogens is 2. The number of hydrogen-bond donors (Lipinski definition) is 1. The Morgan fingerprint density at radius 1 is 1.22 bits per heavy atom. The van der Waals surface area contributed by atoms with Crippen molar-refractivity contribution in [3.63, 3.8) is 0 Å². The van der Waals surface area contributed by atoms with E-state index in [9.17, 15) is 0 Å². The van der Waals surface area contributed by atoms with Gasteiger partial charge in [-0.3, -0.25) is 0 Å². The molecule has 0 aliphatic heterocycles. The van der Waals surface area contributed by atoms with Gasteiger partial charge in [0.05, 0.1) is 10.6 Å². The lowest BCUT2D eigenvalue weighted by molar-refractivity contribution is 0.474. The monoisotopic (exact) mass is 269 g/mol. The quantitative estimate of drug-likeness (QED) is 0.758. The zero-order valence-electron chi connectivity index (χ0n) is 12.4. The van der Waals surface area contributed by atoms with Crippen LogP contribution in [-0.2, 0) is 5.41 Å². The summed E-state index contributed by atoms with van der Waals surface area (Å²) >= 11 is 1.56. The molecule has 0 aliphatic carbocycles. The summed E-state index contributed by atoms with van der Waals surface area (Å²) in [5, 5.41) is 7.93. The third-order valence-corrected chi connectivity index (χ3v) is 3.93. The van der Waals surface area contributed by atoms with E-state index in [1.807, 2.05) is 0 Å². The lowest BCUT2D eigenvalue weighted by Gasteiger charge is -2.22. The van der Waals surface area contributed by atoms with Gasteiger partial charge in [-0.2, -0.15) is 0 Å². The van der Waals surface area contributed by atoms with Crippen molar-refractivity contribution in [3.05, 3.63) is 10.6 Å². The molecule has 0 aliphatic rings. The van der Waals surface area contributed by atoms with Gasteiger partial charge >= 0.3 is 0 Å². The van der Waals surface area contributed by atoms with Gasteiger partial charge in [0.1, 0.15) is 0 Å². The van der Waals surface area contributed by atoms with E-state index in [0.29, 0.717) is 6.04 Å². The van der Waals surface area contributed by atoms with E-state index in [-0.39, 0.29) is 5.41 Å². The molecule has 1 aromatic heterocycles. The van der Waals surface area contributed by atoms with E-state index in [2.05, 4.69) is 49.5 Å². The molecule has 0 spiro atoms. The fourth-order valence-corrected chi connectivity index (χ4v) is 3.09. The highest BCUT2D eigenvalue weighted by molar-refractivity contribution is 7.05. The molecule has 0 amide bonds. The average molecular weight is 269 g/mol. The minimum absolute atomic E-state index is 0.0841. The molecule has 18 heavy (non-hydrogen) atoms. The first kappa shape index (κ1) is 15.6. The fourth-order valence-electron chi connectivity index (χ4n) is 2.12. The number of nitrogens with zero attached hydrogens (tertiary/aromatic N) is 2. The standard InChI is InChI=1S/C14H27N3S/c1-6-8-9-10-11(15-7-2)12-13(14(3,4)5)16-17-18-12/h11,15H,6-10H2,1-5H3. The number of rotatable bonds is 7. The molecule has 0 saturated heterocycles. The summed E-state index contributed by atoms with van der Waals surface area (Å²) in [6, 6.07) is 0.427. The Balaban J connectivity index is 2.81. The molecular weight excluding hydrogens is 242 g/mol. The van der Waals surface area contributed by atoms with Crippen molar-refractivity contribution in [1.82, 2.24) is 14.9 Å². The molecular formula is C14H27N3S. The maximum absolute atomic E-state index is 4.35. The molecule has 1 rings (SSSR count). The van der Waals surface area contributed by atoms with Gasteiger partial charge in [0.25, 0.3) is 0 Å². The summed E-state index contributed by atoms with van der Waals surface area (Å²) in [6.45, 7) is 12.0. The van der Waals surface area contributed by atoms with Gasteiger partial charge in [-0.05, 0) is 24.5 Å². The van der Waals surface area contributed by atoms with Crippen molar-refractivity contribution in [1.29, 1.82) is 0 Å². The van der Waals surface area contributed by atoms with Gasteiger partial charge in [0.2, 0.25) is 0 Å². The number of hydrogen-bond acceptors (Lipinski definition) is 4.